The van der Waals surface area contributed by atoms with Crippen molar-refractivity contribution in [2.75, 3.05) is 0 Å². The normalized spacial score (nSPS) is 12.8. The highest BCUT2D eigenvalue weighted by atomic mass is 79.9. The lowest BCUT2D eigenvalue weighted by atomic mass is 10.0. The van der Waals surface area contributed by atoms with Crippen molar-refractivity contribution in [2.24, 2.45) is 5.73 Å². The summed E-state index contributed by atoms with van der Waals surface area (Å²) in [7, 11) is 0. The molecule has 0 bridgehead atoms. The van der Waals surface area contributed by atoms with Gasteiger partial charge in [0.25, 0.3) is 0 Å². The van der Waals surface area contributed by atoms with Crippen LogP contribution in [0.15, 0.2) is 22.7 Å². The Labute approximate surface area is 99.0 Å². The van der Waals surface area contributed by atoms with E-state index in [1.54, 1.807) is 0 Å². The first kappa shape index (κ1) is 12.7. The Morgan fingerprint density at radius 1 is 1.33 bits per heavy atom. The van der Waals surface area contributed by atoms with Gasteiger partial charge in [-0.2, -0.15) is 0 Å². The Kier molecular flexibility index (Phi) is 5.26. The molecule has 0 aliphatic carbocycles. The van der Waals surface area contributed by atoms with Crippen molar-refractivity contribution in [1.82, 2.24) is 0 Å². The van der Waals surface area contributed by atoms with Crippen molar-refractivity contribution in [3.63, 3.8) is 0 Å². The molecule has 1 atom stereocenters. The monoisotopic (exact) mass is 273 g/mol. The Balaban J connectivity index is 2.60. The van der Waals surface area contributed by atoms with E-state index < -0.39 is 0 Å². The van der Waals surface area contributed by atoms with Crippen LogP contribution in [-0.2, 0) is 0 Å². The van der Waals surface area contributed by atoms with Crippen LogP contribution < -0.4 is 5.73 Å². The maximum absolute atomic E-state index is 13.1. The summed E-state index contributed by atoms with van der Waals surface area (Å²) in [6.07, 6.45) is 4.39. The van der Waals surface area contributed by atoms with Crippen LogP contribution in [0.5, 0.6) is 0 Å². The molecular weight excluding hydrogens is 257 g/mol. The number of nitrogens with two attached hydrogens (primary N) is 1. The Morgan fingerprint density at radius 3 is 2.67 bits per heavy atom. The van der Waals surface area contributed by atoms with E-state index in [-0.39, 0.29) is 11.9 Å². The molecule has 0 aliphatic heterocycles. The number of halogens is 2. The maximum Gasteiger partial charge on any atom is 0.124 e. The van der Waals surface area contributed by atoms with Gasteiger partial charge in [0.2, 0.25) is 0 Å². The summed E-state index contributed by atoms with van der Waals surface area (Å²) >= 11 is 3.27. The molecule has 0 heterocycles. The second-order valence-electron chi connectivity index (χ2n) is 3.81. The fraction of sp³-hybridized carbons (Fsp3) is 0.500. The topological polar surface area (TPSA) is 26.0 Å². The summed E-state index contributed by atoms with van der Waals surface area (Å²) in [6, 6.07) is 4.80. The Morgan fingerprint density at radius 2 is 2.07 bits per heavy atom. The molecule has 1 rings (SSSR count). The molecule has 0 saturated carbocycles. The van der Waals surface area contributed by atoms with Crippen molar-refractivity contribution in [3.8, 4) is 0 Å². The SMILES string of the molecule is CCCCC[C@@H](N)c1cc(F)cc(Br)c1. The van der Waals surface area contributed by atoms with E-state index in [1.807, 2.05) is 6.07 Å². The average Bonchev–Trinajstić information content (AvgIpc) is 2.16. The third-order valence-corrected chi connectivity index (χ3v) is 2.89. The molecule has 0 radical (unpaired) electrons. The number of rotatable bonds is 5. The average molecular weight is 274 g/mol. The van der Waals surface area contributed by atoms with Crippen LogP contribution in [0.1, 0.15) is 44.2 Å². The lowest BCUT2D eigenvalue weighted by molar-refractivity contribution is 0.572. The molecule has 0 fully saturated rings. The maximum atomic E-state index is 13.1. The van der Waals surface area contributed by atoms with E-state index in [1.165, 1.54) is 25.0 Å². The molecule has 2 N–H and O–H groups in total. The molecular formula is C12H17BrFN. The lowest BCUT2D eigenvalue weighted by Crippen LogP contribution is -2.10. The zero-order chi connectivity index (χ0) is 11.3. The van der Waals surface area contributed by atoms with Crippen LogP contribution in [0.4, 0.5) is 4.39 Å². The predicted octanol–water partition coefficient (Wildman–Crippen LogP) is 4.17. The van der Waals surface area contributed by atoms with Gasteiger partial charge in [-0.05, 0) is 30.2 Å². The lowest BCUT2D eigenvalue weighted by Gasteiger charge is -2.12. The Hall–Kier alpha value is -0.410. The summed E-state index contributed by atoms with van der Waals surface area (Å²) in [4.78, 5) is 0. The van der Waals surface area contributed by atoms with Gasteiger partial charge in [0, 0.05) is 10.5 Å². The van der Waals surface area contributed by atoms with Crippen LogP contribution in [0, 0.1) is 5.82 Å². The second-order valence-corrected chi connectivity index (χ2v) is 4.72. The fourth-order valence-electron chi connectivity index (χ4n) is 1.57. The standard InChI is InChI=1S/C12H17BrFN/c1-2-3-4-5-12(15)9-6-10(13)8-11(14)7-9/h6-8,12H,2-5,15H2,1H3/t12-/m1/s1. The molecule has 0 aliphatic rings. The van der Waals surface area contributed by atoms with E-state index >= 15 is 0 Å². The predicted molar refractivity (Wildman–Crippen MR) is 65.2 cm³/mol. The first-order valence-electron chi connectivity index (χ1n) is 5.35. The highest BCUT2D eigenvalue weighted by molar-refractivity contribution is 9.10. The highest BCUT2D eigenvalue weighted by Crippen LogP contribution is 2.22. The van der Waals surface area contributed by atoms with Gasteiger partial charge in [-0.1, -0.05) is 42.1 Å². The zero-order valence-electron chi connectivity index (χ0n) is 8.97. The molecule has 0 aromatic heterocycles. The van der Waals surface area contributed by atoms with Crippen molar-refractivity contribution in [3.05, 3.63) is 34.1 Å². The fourth-order valence-corrected chi connectivity index (χ4v) is 2.05. The largest absolute Gasteiger partial charge is 0.324 e. The summed E-state index contributed by atoms with van der Waals surface area (Å²) in [5.41, 5.74) is 6.86. The van der Waals surface area contributed by atoms with E-state index in [0.29, 0.717) is 0 Å². The molecule has 84 valence electrons. The van der Waals surface area contributed by atoms with Gasteiger partial charge >= 0.3 is 0 Å². The molecule has 0 amide bonds. The zero-order valence-corrected chi connectivity index (χ0v) is 10.6. The third-order valence-electron chi connectivity index (χ3n) is 2.43. The van der Waals surface area contributed by atoms with Crippen LogP contribution in [0.3, 0.4) is 0 Å². The third kappa shape index (κ3) is 4.31. The van der Waals surface area contributed by atoms with Gasteiger partial charge in [0.05, 0.1) is 0 Å². The van der Waals surface area contributed by atoms with Crippen LogP contribution in [-0.4, -0.2) is 0 Å². The van der Waals surface area contributed by atoms with Gasteiger partial charge in [0.15, 0.2) is 0 Å². The second kappa shape index (κ2) is 6.23. The van der Waals surface area contributed by atoms with Gasteiger partial charge in [-0.25, -0.2) is 4.39 Å². The highest BCUT2D eigenvalue weighted by Gasteiger charge is 2.07. The molecule has 1 nitrogen and oxygen atoms in total. The minimum absolute atomic E-state index is 0.0523. The number of hydrogen-bond donors (Lipinski definition) is 1. The van der Waals surface area contributed by atoms with E-state index in [2.05, 4.69) is 22.9 Å². The van der Waals surface area contributed by atoms with Gasteiger partial charge < -0.3 is 5.73 Å². The Bertz CT molecular complexity index is 294. The van der Waals surface area contributed by atoms with Crippen molar-refractivity contribution < 1.29 is 4.39 Å². The first-order chi connectivity index (χ1) is 7.13. The van der Waals surface area contributed by atoms with E-state index in [4.69, 9.17) is 5.73 Å². The van der Waals surface area contributed by atoms with Crippen molar-refractivity contribution in [1.29, 1.82) is 0 Å². The smallest absolute Gasteiger partial charge is 0.124 e. The quantitative estimate of drug-likeness (QED) is 0.801. The molecule has 0 unspecified atom stereocenters. The minimum Gasteiger partial charge on any atom is -0.324 e. The van der Waals surface area contributed by atoms with Crippen LogP contribution >= 0.6 is 15.9 Å². The van der Waals surface area contributed by atoms with Gasteiger partial charge in [-0.3, -0.25) is 0 Å². The summed E-state index contributed by atoms with van der Waals surface area (Å²) in [5.74, 6) is -0.231. The van der Waals surface area contributed by atoms with Gasteiger partial charge in [0.1, 0.15) is 5.82 Å². The van der Waals surface area contributed by atoms with E-state index in [9.17, 15) is 4.39 Å². The number of hydrogen-bond acceptors (Lipinski definition) is 1. The summed E-state index contributed by atoms with van der Waals surface area (Å²) in [6.45, 7) is 2.16. The van der Waals surface area contributed by atoms with Crippen molar-refractivity contribution >= 4 is 15.9 Å². The molecule has 3 heteroatoms. The van der Waals surface area contributed by atoms with E-state index in [0.717, 1.165) is 22.9 Å². The number of unbranched alkanes of at least 4 members (excludes halogenated alkanes) is 2. The van der Waals surface area contributed by atoms with Crippen LogP contribution in [0.25, 0.3) is 0 Å². The van der Waals surface area contributed by atoms with Crippen LogP contribution in [0.2, 0.25) is 0 Å². The molecule has 15 heavy (non-hydrogen) atoms. The summed E-state index contributed by atoms with van der Waals surface area (Å²) in [5, 5.41) is 0. The molecule has 0 saturated heterocycles. The number of benzene rings is 1. The molecule has 1 aromatic rings. The van der Waals surface area contributed by atoms with Gasteiger partial charge in [-0.15, -0.1) is 0 Å². The first-order valence-corrected chi connectivity index (χ1v) is 6.14. The molecule has 0 spiro atoms. The van der Waals surface area contributed by atoms with Crippen molar-refractivity contribution in [2.45, 2.75) is 38.6 Å². The molecule has 1 aromatic carbocycles. The summed E-state index contributed by atoms with van der Waals surface area (Å²) < 4.78 is 13.8. The minimum atomic E-state index is -0.231.